The third-order valence-corrected chi connectivity index (χ3v) is 3.70. The van der Waals surface area contributed by atoms with Gasteiger partial charge >= 0.3 is 0 Å². The number of carbonyl (C=O) groups is 1. The Morgan fingerprint density at radius 1 is 1.33 bits per heavy atom. The largest absolute Gasteiger partial charge is 0.486 e. The average molecular weight is 380 g/mol. The maximum atomic E-state index is 11.8. The van der Waals surface area contributed by atoms with Crippen LogP contribution in [0.5, 0.6) is 11.5 Å². The molecule has 0 aromatic heterocycles. The second-order valence-electron chi connectivity index (χ2n) is 4.99. The van der Waals surface area contributed by atoms with Gasteiger partial charge < -0.3 is 20.5 Å². The van der Waals surface area contributed by atoms with Crippen molar-refractivity contribution in [3.05, 3.63) is 22.2 Å². The summed E-state index contributed by atoms with van der Waals surface area (Å²) < 4.78 is 12.0. The Labute approximate surface area is 139 Å². The van der Waals surface area contributed by atoms with Gasteiger partial charge in [0.1, 0.15) is 13.2 Å². The molecule has 0 spiro atoms. The molecule has 1 amide bonds. The first-order chi connectivity index (χ1) is 9.47. The van der Waals surface area contributed by atoms with E-state index >= 15 is 0 Å². The molecule has 0 saturated carbocycles. The highest BCUT2D eigenvalue weighted by atomic mass is 79.9. The number of ether oxygens (including phenoxy) is 2. The van der Waals surface area contributed by atoms with Crippen LogP contribution in [0.4, 0.5) is 0 Å². The molecular formula is C14H20BrClN2O3. The second-order valence-corrected chi connectivity index (χ2v) is 5.84. The summed E-state index contributed by atoms with van der Waals surface area (Å²) in [6, 6.07) is 3.49. The topological polar surface area (TPSA) is 73.6 Å². The van der Waals surface area contributed by atoms with Gasteiger partial charge in [-0.3, -0.25) is 4.79 Å². The number of amides is 1. The van der Waals surface area contributed by atoms with Crippen LogP contribution in [0.25, 0.3) is 0 Å². The molecule has 7 heteroatoms. The number of benzene rings is 1. The lowest BCUT2D eigenvalue weighted by Crippen LogP contribution is -2.32. The molecular weight excluding hydrogens is 360 g/mol. The third kappa shape index (κ3) is 4.76. The van der Waals surface area contributed by atoms with E-state index in [1.165, 1.54) is 0 Å². The predicted octanol–water partition coefficient (Wildman–Crippen LogP) is 2.56. The summed E-state index contributed by atoms with van der Waals surface area (Å²) >= 11 is 3.51. The zero-order valence-electron chi connectivity index (χ0n) is 12.0. The van der Waals surface area contributed by atoms with Crippen LogP contribution in [0.3, 0.4) is 0 Å². The maximum absolute atomic E-state index is 11.8. The molecule has 2 atom stereocenters. The standard InChI is InChI=1S/C14H19BrN2O3.ClH/c1-8(16)5-14(18)17-9(2)10-6-12-13(7-11(10)15)20-4-3-19-12;/h6-9H,3-5,16H2,1-2H3,(H,17,18);1H. The number of rotatable bonds is 4. The highest BCUT2D eigenvalue weighted by Crippen LogP contribution is 2.37. The first-order valence-corrected chi connectivity index (χ1v) is 7.40. The average Bonchev–Trinajstić information content (AvgIpc) is 2.36. The number of fused-ring (bicyclic) bond motifs is 1. The van der Waals surface area contributed by atoms with Crippen molar-refractivity contribution in [2.45, 2.75) is 32.4 Å². The van der Waals surface area contributed by atoms with E-state index in [-0.39, 0.29) is 30.4 Å². The Kier molecular flexibility index (Phi) is 6.77. The Morgan fingerprint density at radius 3 is 2.48 bits per heavy atom. The molecule has 118 valence electrons. The molecule has 0 radical (unpaired) electrons. The van der Waals surface area contributed by atoms with Crippen molar-refractivity contribution >= 4 is 34.2 Å². The fourth-order valence-corrected chi connectivity index (χ4v) is 2.75. The van der Waals surface area contributed by atoms with Crippen LogP contribution < -0.4 is 20.5 Å². The number of nitrogens with one attached hydrogen (secondary N) is 1. The van der Waals surface area contributed by atoms with Crippen LogP contribution in [0, 0.1) is 0 Å². The molecule has 0 aliphatic carbocycles. The summed E-state index contributed by atoms with van der Waals surface area (Å²) in [6.07, 6.45) is 0.312. The molecule has 1 heterocycles. The van der Waals surface area contributed by atoms with Gasteiger partial charge in [-0.2, -0.15) is 0 Å². The number of halogens is 2. The lowest BCUT2D eigenvalue weighted by atomic mass is 10.1. The van der Waals surface area contributed by atoms with Crippen LogP contribution in [0.2, 0.25) is 0 Å². The van der Waals surface area contributed by atoms with E-state index < -0.39 is 0 Å². The maximum Gasteiger partial charge on any atom is 0.222 e. The van der Waals surface area contributed by atoms with Gasteiger partial charge in [-0.1, -0.05) is 15.9 Å². The first kappa shape index (κ1) is 18.1. The molecule has 1 aliphatic rings. The van der Waals surface area contributed by atoms with Gasteiger partial charge in [-0.05, 0) is 31.5 Å². The molecule has 2 unspecified atom stereocenters. The van der Waals surface area contributed by atoms with E-state index in [4.69, 9.17) is 15.2 Å². The summed E-state index contributed by atoms with van der Waals surface area (Å²) in [5, 5.41) is 2.93. The molecule has 0 saturated heterocycles. The van der Waals surface area contributed by atoms with Gasteiger partial charge in [-0.15, -0.1) is 12.4 Å². The smallest absolute Gasteiger partial charge is 0.222 e. The Hall–Kier alpha value is -0.980. The van der Waals surface area contributed by atoms with E-state index in [1.807, 2.05) is 26.0 Å². The van der Waals surface area contributed by atoms with Gasteiger partial charge in [0.2, 0.25) is 5.91 Å². The lowest BCUT2D eigenvalue weighted by molar-refractivity contribution is -0.122. The molecule has 3 N–H and O–H groups in total. The lowest BCUT2D eigenvalue weighted by Gasteiger charge is -2.22. The van der Waals surface area contributed by atoms with Crippen molar-refractivity contribution in [1.82, 2.24) is 5.32 Å². The Morgan fingerprint density at radius 2 is 1.90 bits per heavy atom. The SMILES string of the molecule is CC(N)CC(=O)NC(C)c1cc2c(cc1Br)OCCO2.Cl. The monoisotopic (exact) mass is 378 g/mol. The minimum atomic E-state index is -0.147. The summed E-state index contributed by atoms with van der Waals surface area (Å²) in [5.41, 5.74) is 6.57. The molecule has 21 heavy (non-hydrogen) atoms. The third-order valence-electron chi connectivity index (χ3n) is 3.01. The number of hydrogen-bond donors (Lipinski definition) is 2. The Balaban J connectivity index is 0.00000220. The normalized spacial score (nSPS) is 15.6. The molecule has 1 aromatic rings. The summed E-state index contributed by atoms with van der Waals surface area (Å²) in [7, 11) is 0. The fourth-order valence-electron chi connectivity index (χ4n) is 2.08. The van der Waals surface area contributed by atoms with Gasteiger partial charge in [-0.25, -0.2) is 0 Å². The van der Waals surface area contributed by atoms with Crippen LogP contribution >= 0.6 is 28.3 Å². The van der Waals surface area contributed by atoms with Crippen molar-refractivity contribution in [2.24, 2.45) is 5.73 Å². The predicted molar refractivity (Wildman–Crippen MR) is 87.2 cm³/mol. The van der Waals surface area contributed by atoms with E-state index in [0.29, 0.717) is 25.4 Å². The van der Waals surface area contributed by atoms with E-state index in [1.54, 1.807) is 0 Å². The van der Waals surface area contributed by atoms with Crippen LogP contribution in [-0.4, -0.2) is 25.2 Å². The van der Waals surface area contributed by atoms with Crippen molar-refractivity contribution in [2.75, 3.05) is 13.2 Å². The van der Waals surface area contributed by atoms with Gasteiger partial charge in [0.15, 0.2) is 11.5 Å². The molecule has 2 rings (SSSR count). The van der Waals surface area contributed by atoms with Crippen LogP contribution in [0.1, 0.15) is 31.9 Å². The van der Waals surface area contributed by atoms with Crippen molar-refractivity contribution in [3.8, 4) is 11.5 Å². The van der Waals surface area contributed by atoms with E-state index in [0.717, 1.165) is 15.8 Å². The van der Waals surface area contributed by atoms with Crippen LogP contribution in [0.15, 0.2) is 16.6 Å². The second kappa shape index (κ2) is 7.87. The minimum Gasteiger partial charge on any atom is -0.486 e. The number of carbonyl (C=O) groups excluding carboxylic acids is 1. The molecule has 1 aliphatic heterocycles. The summed E-state index contributed by atoms with van der Waals surface area (Å²) in [5.74, 6) is 1.37. The number of nitrogens with two attached hydrogens (primary N) is 1. The van der Waals surface area contributed by atoms with Gasteiger partial charge in [0.05, 0.1) is 6.04 Å². The Bertz CT molecular complexity index is 511. The molecule has 0 bridgehead atoms. The van der Waals surface area contributed by atoms with E-state index in [2.05, 4.69) is 21.2 Å². The highest BCUT2D eigenvalue weighted by molar-refractivity contribution is 9.10. The summed E-state index contributed by atoms with van der Waals surface area (Å²) in [6.45, 7) is 4.83. The minimum absolute atomic E-state index is 0. The fraction of sp³-hybridized carbons (Fsp3) is 0.500. The van der Waals surface area contributed by atoms with Crippen molar-refractivity contribution < 1.29 is 14.3 Å². The summed E-state index contributed by atoms with van der Waals surface area (Å²) in [4.78, 5) is 11.8. The molecule has 5 nitrogen and oxygen atoms in total. The van der Waals surface area contributed by atoms with Crippen molar-refractivity contribution in [1.29, 1.82) is 0 Å². The zero-order chi connectivity index (χ0) is 14.7. The zero-order valence-corrected chi connectivity index (χ0v) is 14.4. The first-order valence-electron chi connectivity index (χ1n) is 6.61. The van der Waals surface area contributed by atoms with Gasteiger partial charge in [0, 0.05) is 16.9 Å². The quantitative estimate of drug-likeness (QED) is 0.843. The number of hydrogen-bond acceptors (Lipinski definition) is 4. The highest BCUT2D eigenvalue weighted by Gasteiger charge is 2.19. The molecule has 1 aromatic carbocycles. The molecule has 0 fully saturated rings. The van der Waals surface area contributed by atoms with Crippen LogP contribution in [-0.2, 0) is 4.79 Å². The van der Waals surface area contributed by atoms with Gasteiger partial charge in [0.25, 0.3) is 0 Å². The van der Waals surface area contributed by atoms with E-state index in [9.17, 15) is 4.79 Å². The van der Waals surface area contributed by atoms with Crippen molar-refractivity contribution in [3.63, 3.8) is 0 Å².